The molecule has 5 nitrogen and oxygen atoms in total. The van der Waals surface area contributed by atoms with Crippen molar-refractivity contribution in [3.63, 3.8) is 0 Å². The van der Waals surface area contributed by atoms with Crippen molar-refractivity contribution in [1.29, 1.82) is 0 Å². The first kappa shape index (κ1) is 21.9. The molecule has 0 aliphatic heterocycles. The van der Waals surface area contributed by atoms with E-state index in [0.29, 0.717) is 33.8 Å². The predicted octanol–water partition coefficient (Wildman–Crippen LogP) is 6.93. The smallest absolute Gasteiger partial charge is 0.355 e. The molecule has 0 aliphatic rings. The fourth-order valence-electron chi connectivity index (χ4n) is 3.13. The van der Waals surface area contributed by atoms with Gasteiger partial charge in [-0.3, -0.25) is 4.99 Å². The molecule has 32 heavy (non-hydrogen) atoms. The number of fused-ring (bicyclic) bond motifs is 1. The van der Waals surface area contributed by atoms with Crippen LogP contribution >= 0.6 is 22.9 Å². The number of rotatable bonds is 7. The van der Waals surface area contributed by atoms with Crippen molar-refractivity contribution in [2.75, 3.05) is 13.7 Å². The van der Waals surface area contributed by atoms with Gasteiger partial charge in [0.1, 0.15) is 16.3 Å². The molecule has 7 heteroatoms. The molecule has 0 unspecified atom stereocenters. The van der Waals surface area contributed by atoms with E-state index in [0.717, 1.165) is 21.3 Å². The van der Waals surface area contributed by atoms with Crippen molar-refractivity contribution in [2.45, 2.75) is 6.92 Å². The summed E-state index contributed by atoms with van der Waals surface area (Å²) in [6.45, 7) is 2.49. The molecule has 0 radical (unpaired) electrons. The van der Waals surface area contributed by atoms with Gasteiger partial charge in [0.05, 0.1) is 18.7 Å². The molecule has 0 saturated heterocycles. The minimum absolute atomic E-state index is 0.304. The molecule has 4 rings (SSSR count). The van der Waals surface area contributed by atoms with Crippen molar-refractivity contribution in [3.05, 3.63) is 82.2 Å². The van der Waals surface area contributed by atoms with Gasteiger partial charge in [-0.15, -0.1) is 11.3 Å². The van der Waals surface area contributed by atoms with Gasteiger partial charge in [0, 0.05) is 16.3 Å². The minimum Gasteiger partial charge on any atom is -0.493 e. The van der Waals surface area contributed by atoms with Gasteiger partial charge < -0.3 is 14.2 Å². The number of para-hydroxylation sites is 2. The first-order chi connectivity index (χ1) is 15.6. The highest BCUT2D eigenvalue weighted by Crippen LogP contribution is 2.37. The Balaban J connectivity index is 1.56. The first-order valence-corrected chi connectivity index (χ1v) is 11.1. The van der Waals surface area contributed by atoms with Crippen molar-refractivity contribution in [1.82, 2.24) is 0 Å². The Morgan fingerprint density at radius 1 is 1.03 bits per heavy atom. The number of halogens is 1. The third kappa shape index (κ3) is 4.61. The maximum absolute atomic E-state index is 12.8. The molecule has 0 aliphatic carbocycles. The van der Waals surface area contributed by atoms with Crippen LogP contribution in [0.4, 0.5) is 5.69 Å². The summed E-state index contributed by atoms with van der Waals surface area (Å²) in [5.74, 6) is 0.904. The number of carbonyl (C=O) groups is 1. The second-order valence-electron chi connectivity index (χ2n) is 6.70. The predicted molar refractivity (Wildman–Crippen MR) is 130 cm³/mol. The average Bonchev–Trinajstić information content (AvgIpc) is 3.16. The second kappa shape index (κ2) is 9.85. The Labute approximate surface area is 194 Å². The summed E-state index contributed by atoms with van der Waals surface area (Å²) in [6, 6.07) is 20.4. The molecule has 0 fully saturated rings. The lowest BCUT2D eigenvalue weighted by Gasteiger charge is -2.10. The third-order valence-electron chi connectivity index (χ3n) is 4.63. The number of nitrogens with zero attached hydrogens (tertiary/aromatic N) is 1. The summed E-state index contributed by atoms with van der Waals surface area (Å²) in [5, 5.41) is 1.23. The number of aliphatic imine (C=N–C) groups is 1. The summed E-state index contributed by atoms with van der Waals surface area (Å²) >= 11 is 7.70. The van der Waals surface area contributed by atoms with Gasteiger partial charge in [0.25, 0.3) is 0 Å². The summed E-state index contributed by atoms with van der Waals surface area (Å²) < 4.78 is 17.6. The largest absolute Gasteiger partial charge is 0.493 e. The Morgan fingerprint density at radius 2 is 1.81 bits per heavy atom. The van der Waals surface area contributed by atoms with Gasteiger partial charge in [0.2, 0.25) is 0 Å². The summed E-state index contributed by atoms with van der Waals surface area (Å²) in [6.07, 6.45) is 1.70. The molecule has 4 aromatic rings. The van der Waals surface area contributed by atoms with Gasteiger partial charge >= 0.3 is 5.97 Å². The van der Waals surface area contributed by atoms with E-state index in [9.17, 15) is 4.79 Å². The highest BCUT2D eigenvalue weighted by molar-refractivity contribution is 7.21. The zero-order valence-electron chi connectivity index (χ0n) is 17.5. The van der Waals surface area contributed by atoms with Crippen LogP contribution in [-0.2, 0) is 0 Å². The van der Waals surface area contributed by atoms with Crippen molar-refractivity contribution < 1.29 is 19.0 Å². The molecule has 0 amide bonds. The average molecular weight is 466 g/mol. The monoisotopic (exact) mass is 465 g/mol. The number of carbonyl (C=O) groups excluding carboxylic acids is 1. The lowest BCUT2D eigenvalue weighted by molar-refractivity contribution is 0.0735. The number of benzene rings is 3. The zero-order chi connectivity index (χ0) is 22.5. The van der Waals surface area contributed by atoms with Crippen molar-refractivity contribution in [2.24, 2.45) is 4.99 Å². The fraction of sp³-hybridized carbons (Fsp3) is 0.120. The minimum atomic E-state index is -0.526. The zero-order valence-corrected chi connectivity index (χ0v) is 19.1. The van der Waals surface area contributed by atoms with Crippen LogP contribution in [0.1, 0.15) is 22.2 Å². The van der Waals surface area contributed by atoms with E-state index in [2.05, 4.69) is 4.99 Å². The molecule has 3 aromatic carbocycles. The summed E-state index contributed by atoms with van der Waals surface area (Å²) in [5.41, 5.74) is 1.51. The highest BCUT2D eigenvalue weighted by atomic mass is 35.5. The third-order valence-corrected chi connectivity index (χ3v) is 6.28. The molecular formula is C25H20ClNO4S. The Hall–Kier alpha value is -3.35. The van der Waals surface area contributed by atoms with Crippen LogP contribution in [-0.4, -0.2) is 25.9 Å². The molecular weight excluding hydrogens is 446 g/mol. The molecule has 162 valence electrons. The standard InChI is InChI=1S/C25H20ClNO4S/c1-3-30-19-10-6-5-9-18(19)27-15-16-12-13-20(21(14-16)29-2)31-25(28)24-23(26)17-8-4-7-11-22(17)32-24/h4-15H,3H2,1-2H3. The summed E-state index contributed by atoms with van der Waals surface area (Å²) in [7, 11) is 1.52. The molecule has 0 spiro atoms. The van der Waals surface area contributed by atoms with E-state index in [-0.39, 0.29) is 0 Å². The fourth-order valence-corrected chi connectivity index (χ4v) is 4.51. The van der Waals surface area contributed by atoms with Gasteiger partial charge in [-0.25, -0.2) is 4.79 Å². The first-order valence-electron chi connectivity index (χ1n) is 9.94. The molecule has 1 heterocycles. The van der Waals surface area contributed by atoms with E-state index in [4.69, 9.17) is 25.8 Å². The SMILES string of the molecule is CCOc1ccccc1N=Cc1ccc(OC(=O)c2sc3ccccc3c2Cl)c(OC)c1. The topological polar surface area (TPSA) is 57.1 Å². The van der Waals surface area contributed by atoms with Crippen LogP contribution in [0.25, 0.3) is 10.1 Å². The Bertz CT molecular complexity index is 1300. The van der Waals surface area contributed by atoms with E-state index in [1.54, 1.807) is 24.4 Å². The molecule has 0 atom stereocenters. The van der Waals surface area contributed by atoms with E-state index in [1.165, 1.54) is 18.4 Å². The molecule has 0 bridgehead atoms. The van der Waals surface area contributed by atoms with Crippen LogP contribution < -0.4 is 14.2 Å². The maximum atomic E-state index is 12.8. The molecule has 1 aromatic heterocycles. The van der Waals surface area contributed by atoms with E-state index < -0.39 is 5.97 Å². The quantitative estimate of drug-likeness (QED) is 0.169. The molecule has 0 saturated carbocycles. The summed E-state index contributed by atoms with van der Waals surface area (Å²) in [4.78, 5) is 17.6. The van der Waals surface area contributed by atoms with Crippen LogP contribution in [0.3, 0.4) is 0 Å². The number of esters is 1. The molecule has 0 N–H and O–H groups in total. The lowest BCUT2D eigenvalue weighted by atomic mass is 10.2. The van der Waals surface area contributed by atoms with Gasteiger partial charge in [0.15, 0.2) is 11.5 Å². The second-order valence-corrected chi connectivity index (χ2v) is 8.13. The van der Waals surface area contributed by atoms with Crippen LogP contribution in [0.15, 0.2) is 71.7 Å². The highest BCUT2D eigenvalue weighted by Gasteiger charge is 2.20. The Kier molecular flexibility index (Phi) is 6.73. The van der Waals surface area contributed by atoms with Crippen molar-refractivity contribution >= 4 is 50.9 Å². The van der Waals surface area contributed by atoms with Crippen LogP contribution in [0, 0.1) is 0 Å². The van der Waals surface area contributed by atoms with Crippen LogP contribution in [0.2, 0.25) is 5.02 Å². The normalized spacial score (nSPS) is 11.1. The van der Waals surface area contributed by atoms with Crippen molar-refractivity contribution in [3.8, 4) is 17.2 Å². The Morgan fingerprint density at radius 3 is 2.59 bits per heavy atom. The number of hydrogen-bond acceptors (Lipinski definition) is 6. The number of methoxy groups -OCH3 is 1. The van der Waals surface area contributed by atoms with Gasteiger partial charge in [-0.2, -0.15) is 0 Å². The van der Waals surface area contributed by atoms with E-state index >= 15 is 0 Å². The van der Waals surface area contributed by atoms with Gasteiger partial charge in [-0.1, -0.05) is 41.9 Å². The van der Waals surface area contributed by atoms with Gasteiger partial charge in [-0.05, 0) is 48.9 Å². The number of thiophene rings is 1. The van der Waals surface area contributed by atoms with E-state index in [1.807, 2.05) is 55.5 Å². The number of hydrogen-bond donors (Lipinski definition) is 0. The maximum Gasteiger partial charge on any atom is 0.355 e. The lowest BCUT2D eigenvalue weighted by Crippen LogP contribution is -2.08. The van der Waals surface area contributed by atoms with Crippen LogP contribution in [0.5, 0.6) is 17.2 Å². The number of ether oxygens (including phenoxy) is 3.